The normalized spacial score (nSPS) is 14.6. The fourth-order valence-corrected chi connectivity index (χ4v) is 4.56. The molecule has 0 unspecified atom stereocenters. The molecule has 2 aliphatic rings. The van der Waals surface area contributed by atoms with Crippen molar-refractivity contribution < 1.29 is 19.1 Å². The third kappa shape index (κ3) is 4.38. The van der Waals surface area contributed by atoms with Gasteiger partial charge < -0.3 is 19.7 Å². The van der Waals surface area contributed by atoms with E-state index in [4.69, 9.17) is 14.7 Å². The molecule has 5 rings (SSSR count). The highest BCUT2D eigenvalue weighted by Crippen LogP contribution is 2.51. The van der Waals surface area contributed by atoms with Crippen LogP contribution in [-0.2, 0) is 10.2 Å². The van der Waals surface area contributed by atoms with E-state index >= 15 is 0 Å². The van der Waals surface area contributed by atoms with Gasteiger partial charge in [0.15, 0.2) is 11.5 Å². The number of carbonyl (C=O) groups is 2. The largest absolute Gasteiger partial charge is 0.454 e. The zero-order valence-electron chi connectivity index (χ0n) is 20.3. The van der Waals surface area contributed by atoms with Gasteiger partial charge in [0, 0.05) is 24.8 Å². The van der Waals surface area contributed by atoms with E-state index in [1.54, 1.807) is 24.1 Å². The van der Waals surface area contributed by atoms with Gasteiger partial charge in [-0.15, -0.1) is 0 Å². The maximum absolute atomic E-state index is 13.3. The molecular weight excluding hydrogens is 454 g/mol. The number of anilines is 1. The van der Waals surface area contributed by atoms with Crippen molar-refractivity contribution in [2.24, 2.45) is 0 Å². The topological polar surface area (TPSA) is 91.7 Å². The number of fused-ring (bicyclic) bond motifs is 1. The number of hydrogen-bond acceptors (Lipinski definition) is 5. The van der Waals surface area contributed by atoms with Crippen LogP contribution in [0.15, 0.2) is 60.7 Å². The number of benzene rings is 3. The average Bonchev–Trinajstić information content (AvgIpc) is 3.58. The first kappa shape index (κ1) is 23.4. The van der Waals surface area contributed by atoms with Crippen LogP contribution in [0, 0.1) is 18.3 Å². The maximum atomic E-state index is 13.3. The summed E-state index contributed by atoms with van der Waals surface area (Å²) in [5, 5.41) is 11.9. The molecule has 1 heterocycles. The summed E-state index contributed by atoms with van der Waals surface area (Å²) in [5.41, 5.74) is 4.69. The van der Waals surface area contributed by atoms with E-state index in [1.165, 1.54) is 0 Å². The number of carbonyl (C=O) groups excluding carboxylic acids is 2. The molecule has 3 aromatic carbocycles. The van der Waals surface area contributed by atoms with Crippen LogP contribution in [0.25, 0.3) is 11.1 Å². The molecule has 36 heavy (non-hydrogen) atoms. The van der Waals surface area contributed by atoms with Crippen LogP contribution in [0.1, 0.15) is 40.7 Å². The summed E-state index contributed by atoms with van der Waals surface area (Å²) in [7, 11) is 1.69. The SMILES string of the molecule is Cc1ccc(NC(=O)C2(c3ccc4c(c3)OCO4)CC2)cc1-c1ccc(C(=O)N(C)CCC#N)cc1. The van der Waals surface area contributed by atoms with Crippen molar-refractivity contribution in [1.29, 1.82) is 5.26 Å². The van der Waals surface area contributed by atoms with Crippen LogP contribution >= 0.6 is 0 Å². The highest BCUT2D eigenvalue weighted by atomic mass is 16.7. The molecule has 0 aromatic heterocycles. The highest BCUT2D eigenvalue weighted by molar-refractivity contribution is 6.02. The molecule has 7 heteroatoms. The van der Waals surface area contributed by atoms with Gasteiger partial charge in [-0.2, -0.15) is 5.26 Å². The summed E-state index contributed by atoms with van der Waals surface area (Å²) in [6, 6.07) is 21.1. The second kappa shape index (κ2) is 9.38. The molecule has 0 spiro atoms. The summed E-state index contributed by atoms with van der Waals surface area (Å²) in [4.78, 5) is 27.5. The first-order valence-electron chi connectivity index (χ1n) is 12.0. The summed E-state index contributed by atoms with van der Waals surface area (Å²) in [6.07, 6.45) is 1.87. The maximum Gasteiger partial charge on any atom is 0.253 e. The lowest BCUT2D eigenvalue weighted by atomic mass is 9.94. The molecule has 0 saturated heterocycles. The van der Waals surface area contributed by atoms with E-state index in [0.29, 0.717) is 30.0 Å². The first-order chi connectivity index (χ1) is 17.4. The van der Waals surface area contributed by atoms with Crippen molar-refractivity contribution in [3.8, 4) is 28.7 Å². The second-order valence-electron chi connectivity index (χ2n) is 9.35. The third-order valence-corrected chi connectivity index (χ3v) is 6.95. The Hall–Kier alpha value is -4.31. The predicted octanol–water partition coefficient (Wildman–Crippen LogP) is 5.05. The Morgan fingerprint density at radius 2 is 1.78 bits per heavy atom. The van der Waals surface area contributed by atoms with E-state index < -0.39 is 5.41 Å². The zero-order chi connectivity index (χ0) is 25.3. The Balaban J connectivity index is 1.33. The van der Waals surface area contributed by atoms with E-state index in [0.717, 1.165) is 40.8 Å². The zero-order valence-corrected chi connectivity index (χ0v) is 20.3. The smallest absolute Gasteiger partial charge is 0.253 e. The number of nitrogens with one attached hydrogen (secondary N) is 1. The van der Waals surface area contributed by atoms with Crippen molar-refractivity contribution in [1.82, 2.24) is 4.90 Å². The lowest BCUT2D eigenvalue weighted by molar-refractivity contribution is -0.118. The average molecular weight is 482 g/mol. The molecule has 0 bridgehead atoms. The second-order valence-corrected chi connectivity index (χ2v) is 9.35. The number of nitriles is 1. The first-order valence-corrected chi connectivity index (χ1v) is 12.0. The number of ether oxygens (including phenoxy) is 2. The van der Waals surface area contributed by atoms with Crippen molar-refractivity contribution in [2.45, 2.75) is 31.6 Å². The molecule has 1 aliphatic heterocycles. The van der Waals surface area contributed by atoms with Crippen LogP contribution in [0.5, 0.6) is 11.5 Å². The minimum absolute atomic E-state index is 0.0301. The summed E-state index contributed by atoms with van der Waals surface area (Å²) >= 11 is 0. The molecule has 1 aliphatic carbocycles. The Kier molecular flexibility index (Phi) is 6.11. The van der Waals surface area contributed by atoms with Gasteiger partial charge in [0.2, 0.25) is 12.7 Å². The van der Waals surface area contributed by atoms with Gasteiger partial charge in [0.1, 0.15) is 0 Å². The number of rotatable bonds is 7. The van der Waals surface area contributed by atoms with Crippen LogP contribution in [0.2, 0.25) is 0 Å². The standard InChI is InChI=1S/C29H27N3O4/c1-19-4-10-23(17-24(19)20-5-7-21(8-6-20)27(33)32(2)15-3-14-30)31-28(34)29(12-13-29)22-9-11-25-26(16-22)36-18-35-25/h4-11,16-17H,3,12-13,15,18H2,1-2H3,(H,31,34). The lowest BCUT2D eigenvalue weighted by Gasteiger charge is -2.18. The third-order valence-electron chi connectivity index (χ3n) is 6.95. The Morgan fingerprint density at radius 1 is 1.03 bits per heavy atom. The number of nitrogens with zero attached hydrogens (tertiary/aromatic N) is 2. The molecule has 1 fully saturated rings. The minimum atomic E-state index is -0.550. The van der Waals surface area contributed by atoms with Gasteiger partial charge in [-0.05, 0) is 78.4 Å². The molecule has 2 amide bonds. The Bertz CT molecular complexity index is 1370. The van der Waals surface area contributed by atoms with Gasteiger partial charge in [0.05, 0.1) is 17.9 Å². The van der Waals surface area contributed by atoms with E-state index in [-0.39, 0.29) is 18.6 Å². The van der Waals surface area contributed by atoms with Crippen molar-refractivity contribution in [3.05, 3.63) is 77.4 Å². The Labute approximate surface area is 210 Å². The fourth-order valence-electron chi connectivity index (χ4n) is 4.56. The quantitative estimate of drug-likeness (QED) is 0.510. The van der Waals surface area contributed by atoms with E-state index in [1.807, 2.05) is 55.5 Å². The minimum Gasteiger partial charge on any atom is -0.454 e. The molecule has 3 aromatic rings. The lowest BCUT2D eigenvalue weighted by Crippen LogP contribution is -2.27. The van der Waals surface area contributed by atoms with E-state index in [2.05, 4.69) is 11.4 Å². The van der Waals surface area contributed by atoms with Crippen molar-refractivity contribution >= 4 is 17.5 Å². The van der Waals surface area contributed by atoms with Crippen LogP contribution in [0.3, 0.4) is 0 Å². The fraction of sp³-hybridized carbons (Fsp3) is 0.276. The number of aryl methyl sites for hydroxylation is 1. The number of amides is 2. The van der Waals surface area contributed by atoms with Gasteiger partial charge in [-0.25, -0.2) is 0 Å². The van der Waals surface area contributed by atoms with Gasteiger partial charge >= 0.3 is 0 Å². The Morgan fingerprint density at radius 3 is 2.50 bits per heavy atom. The monoisotopic (exact) mass is 481 g/mol. The van der Waals surface area contributed by atoms with Gasteiger partial charge in [-0.3, -0.25) is 9.59 Å². The summed E-state index contributed by atoms with van der Waals surface area (Å²) in [6.45, 7) is 2.62. The molecule has 7 nitrogen and oxygen atoms in total. The van der Waals surface area contributed by atoms with Crippen molar-refractivity contribution in [2.75, 3.05) is 25.7 Å². The van der Waals surface area contributed by atoms with Crippen LogP contribution < -0.4 is 14.8 Å². The molecule has 182 valence electrons. The molecule has 1 N–H and O–H groups in total. The van der Waals surface area contributed by atoms with Crippen LogP contribution in [0.4, 0.5) is 5.69 Å². The van der Waals surface area contributed by atoms with Crippen molar-refractivity contribution in [3.63, 3.8) is 0 Å². The summed E-state index contributed by atoms with van der Waals surface area (Å²) in [5.74, 6) is 1.24. The van der Waals surface area contributed by atoms with Crippen LogP contribution in [-0.4, -0.2) is 37.1 Å². The summed E-state index contributed by atoms with van der Waals surface area (Å²) < 4.78 is 10.9. The van der Waals surface area contributed by atoms with E-state index in [9.17, 15) is 9.59 Å². The number of hydrogen-bond donors (Lipinski definition) is 1. The van der Waals surface area contributed by atoms with Gasteiger partial charge in [-0.1, -0.05) is 24.3 Å². The highest BCUT2D eigenvalue weighted by Gasteiger charge is 2.51. The van der Waals surface area contributed by atoms with Gasteiger partial charge in [0.25, 0.3) is 5.91 Å². The predicted molar refractivity (Wildman–Crippen MR) is 136 cm³/mol. The molecule has 1 saturated carbocycles. The molecule has 0 radical (unpaired) electrons. The molecule has 0 atom stereocenters. The molecular formula is C29H27N3O4.